The molecule has 2 aromatic carbocycles. The second-order valence-electron chi connectivity index (χ2n) is 10.5. The van der Waals surface area contributed by atoms with Gasteiger partial charge in [-0.2, -0.15) is 0 Å². The Bertz CT molecular complexity index is 1310. The van der Waals surface area contributed by atoms with Gasteiger partial charge in [0.1, 0.15) is 17.5 Å². The first-order valence-corrected chi connectivity index (χ1v) is 12.8. The molecule has 1 aromatic heterocycles. The number of ether oxygens (including phenoxy) is 2. The van der Waals surface area contributed by atoms with Gasteiger partial charge in [-0.1, -0.05) is 36.1 Å². The lowest BCUT2D eigenvalue weighted by atomic mass is 10.0. The first-order valence-electron chi connectivity index (χ1n) is 12.8. The van der Waals surface area contributed by atoms with Crippen molar-refractivity contribution in [2.45, 2.75) is 51.4 Å². The van der Waals surface area contributed by atoms with E-state index in [0.717, 1.165) is 58.8 Å². The quantitative estimate of drug-likeness (QED) is 0.265. The largest absolute Gasteiger partial charge is 0.443 e. The zero-order chi connectivity index (χ0) is 27.3. The number of hydrogen-bond acceptors (Lipinski definition) is 6. The van der Waals surface area contributed by atoms with Crippen LogP contribution in [-0.4, -0.2) is 70.2 Å². The van der Waals surface area contributed by atoms with Crippen LogP contribution in [0.4, 0.5) is 4.79 Å². The summed E-state index contributed by atoms with van der Waals surface area (Å²) in [7, 11) is 2.13. The van der Waals surface area contributed by atoms with Crippen LogP contribution in [0.25, 0.3) is 11.0 Å². The fourth-order valence-electron chi connectivity index (χ4n) is 4.28. The van der Waals surface area contributed by atoms with Gasteiger partial charge in [0.05, 0.1) is 23.7 Å². The zero-order valence-electron chi connectivity index (χ0n) is 22.5. The summed E-state index contributed by atoms with van der Waals surface area (Å²) < 4.78 is 12.0. The van der Waals surface area contributed by atoms with Crippen LogP contribution in [0, 0.1) is 17.3 Å². The minimum atomic E-state index is -0.704. The van der Waals surface area contributed by atoms with Gasteiger partial charge in [0.15, 0.2) is 5.96 Å². The molecule has 1 aliphatic heterocycles. The molecule has 0 aliphatic carbocycles. The van der Waals surface area contributed by atoms with E-state index in [2.05, 4.69) is 28.8 Å². The van der Waals surface area contributed by atoms with E-state index >= 15 is 0 Å². The minimum absolute atomic E-state index is 0.0619. The lowest BCUT2D eigenvalue weighted by Gasteiger charge is -2.31. The molecule has 1 atom stereocenters. The van der Waals surface area contributed by atoms with E-state index in [4.69, 9.17) is 25.6 Å². The summed E-state index contributed by atoms with van der Waals surface area (Å²) in [5.41, 5.74) is 8.44. The molecule has 2 heterocycles. The number of nitrogens with zero attached hydrogens (tertiary/aromatic N) is 3. The summed E-state index contributed by atoms with van der Waals surface area (Å²) in [6, 6.07) is 15.8. The van der Waals surface area contributed by atoms with Gasteiger partial charge in [0, 0.05) is 18.7 Å². The topological polar surface area (TPSA) is 121 Å². The lowest BCUT2D eigenvalue weighted by molar-refractivity contribution is -0.0264. The molecule has 1 saturated heterocycles. The fourth-order valence-corrected chi connectivity index (χ4v) is 4.28. The average molecular weight is 517 g/mol. The minimum Gasteiger partial charge on any atom is -0.443 e. The van der Waals surface area contributed by atoms with E-state index in [9.17, 15) is 4.79 Å². The number of carbonyl (C=O) groups is 1. The van der Waals surface area contributed by atoms with E-state index < -0.39 is 17.7 Å². The smallest absolute Gasteiger partial charge is 0.418 e. The molecule has 0 saturated carbocycles. The Balaban J connectivity index is 1.57. The number of aromatic nitrogens is 2. The van der Waals surface area contributed by atoms with Crippen molar-refractivity contribution in [1.82, 2.24) is 19.8 Å². The summed E-state index contributed by atoms with van der Waals surface area (Å²) in [5, 5.41) is 7.74. The van der Waals surface area contributed by atoms with Gasteiger partial charge in [0.2, 0.25) is 0 Å². The number of nitrogens with two attached hydrogens (primary N) is 1. The van der Waals surface area contributed by atoms with Crippen LogP contribution in [0.3, 0.4) is 0 Å². The van der Waals surface area contributed by atoms with Gasteiger partial charge in [-0.3, -0.25) is 5.41 Å². The maximum atomic E-state index is 12.4. The van der Waals surface area contributed by atoms with Crippen molar-refractivity contribution < 1.29 is 14.3 Å². The number of amides is 1. The van der Waals surface area contributed by atoms with E-state index in [1.807, 2.05) is 48.5 Å². The highest BCUT2D eigenvalue weighted by Gasteiger charge is 2.26. The van der Waals surface area contributed by atoms with Gasteiger partial charge in [-0.25, -0.2) is 14.7 Å². The first-order chi connectivity index (χ1) is 18.1. The summed E-state index contributed by atoms with van der Waals surface area (Å²) in [6.07, 6.45) is 0.950. The Morgan fingerprint density at radius 2 is 1.97 bits per heavy atom. The maximum absolute atomic E-state index is 12.4. The zero-order valence-corrected chi connectivity index (χ0v) is 22.5. The molecule has 1 unspecified atom stereocenters. The van der Waals surface area contributed by atoms with Crippen molar-refractivity contribution in [3.63, 3.8) is 0 Å². The summed E-state index contributed by atoms with van der Waals surface area (Å²) in [4.78, 5) is 24.0. The summed E-state index contributed by atoms with van der Waals surface area (Å²) in [6.45, 7) is 7.19. The molecule has 1 aliphatic rings. The Labute approximate surface area is 223 Å². The molecule has 0 radical (unpaired) electrons. The van der Waals surface area contributed by atoms with Gasteiger partial charge < -0.3 is 25.1 Å². The van der Waals surface area contributed by atoms with Crippen LogP contribution < -0.4 is 5.73 Å². The van der Waals surface area contributed by atoms with E-state index in [-0.39, 0.29) is 18.8 Å². The second kappa shape index (κ2) is 11.7. The third-order valence-corrected chi connectivity index (χ3v) is 6.21. The van der Waals surface area contributed by atoms with E-state index in [1.165, 1.54) is 0 Å². The van der Waals surface area contributed by atoms with Crippen molar-refractivity contribution in [2.24, 2.45) is 5.73 Å². The SMILES string of the molecule is CN1CCC(OC(c2cccc(C#CCN(C(=N)N)C(=O)OC(C)(C)C)c2)c2nc3ccccc3[nH]2)CC1. The van der Waals surface area contributed by atoms with Gasteiger partial charge in [-0.15, -0.1) is 0 Å². The number of nitrogens with one attached hydrogen (secondary N) is 2. The third-order valence-electron chi connectivity index (χ3n) is 6.21. The fraction of sp³-hybridized carbons (Fsp3) is 0.414. The molecular formula is C29H36N6O3. The van der Waals surface area contributed by atoms with Crippen LogP contribution in [0.1, 0.15) is 56.7 Å². The number of H-pyrrole nitrogens is 1. The first kappa shape index (κ1) is 27.2. The summed E-state index contributed by atoms with van der Waals surface area (Å²) >= 11 is 0. The predicted octanol–water partition coefficient (Wildman–Crippen LogP) is 4.25. The van der Waals surface area contributed by atoms with E-state index in [1.54, 1.807) is 20.8 Å². The Kier molecular flexibility index (Phi) is 8.35. The molecule has 1 amide bonds. The number of benzene rings is 2. The molecule has 1 fully saturated rings. The van der Waals surface area contributed by atoms with Crippen LogP contribution in [0.5, 0.6) is 0 Å². The number of guanidine groups is 1. The molecule has 38 heavy (non-hydrogen) atoms. The molecule has 4 N–H and O–H groups in total. The second-order valence-corrected chi connectivity index (χ2v) is 10.5. The van der Waals surface area contributed by atoms with Crippen molar-refractivity contribution in [3.8, 4) is 11.8 Å². The molecule has 4 rings (SSSR count). The van der Waals surface area contributed by atoms with Crippen LogP contribution >= 0.6 is 0 Å². The van der Waals surface area contributed by atoms with Gasteiger partial charge >= 0.3 is 6.09 Å². The third kappa shape index (κ3) is 7.12. The van der Waals surface area contributed by atoms with Crippen LogP contribution in [0.15, 0.2) is 48.5 Å². The van der Waals surface area contributed by atoms with Crippen LogP contribution in [0.2, 0.25) is 0 Å². The highest BCUT2D eigenvalue weighted by molar-refractivity contribution is 5.91. The average Bonchev–Trinajstić information content (AvgIpc) is 3.29. The number of piperidine rings is 1. The number of aromatic amines is 1. The maximum Gasteiger partial charge on any atom is 0.418 e. The molecule has 0 spiro atoms. The molecule has 0 bridgehead atoms. The molecule has 9 heteroatoms. The number of fused-ring (bicyclic) bond motifs is 1. The van der Waals surface area contributed by atoms with Crippen molar-refractivity contribution in [3.05, 3.63) is 65.5 Å². The standard InChI is InChI=1S/C29H36N6O3/c1-29(2,3)38-28(36)35(27(30)31)16-8-10-20-9-7-11-21(19-20)25(37-22-14-17-34(4)18-15-22)26-32-23-12-5-6-13-24(23)33-26/h5-7,9,11-13,19,22,25H,14-18H2,1-4H3,(H3,30,31)(H,32,33). The van der Waals surface area contributed by atoms with Crippen LogP contribution in [-0.2, 0) is 9.47 Å². The number of hydrogen-bond donors (Lipinski definition) is 3. The highest BCUT2D eigenvalue weighted by atomic mass is 16.6. The number of para-hydroxylation sites is 2. The monoisotopic (exact) mass is 516 g/mol. The number of carbonyl (C=O) groups excluding carboxylic acids is 1. The number of likely N-dealkylation sites (tertiary alicyclic amines) is 1. The molecule has 3 aromatic rings. The van der Waals surface area contributed by atoms with Gasteiger partial charge in [-0.05, 0) is 70.5 Å². The molecule has 200 valence electrons. The van der Waals surface area contributed by atoms with E-state index in [0.29, 0.717) is 0 Å². The Morgan fingerprint density at radius 1 is 1.24 bits per heavy atom. The Morgan fingerprint density at radius 3 is 2.66 bits per heavy atom. The van der Waals surface area contributed by atoms with Crippen molar-refractivity contribution in [1.29, 1.82) is 5.41 Å². The number of imidazole rings is 1. The molecular weight excluding hydrogens is 480 g/mol. The Hall–Kier alpha value is -3.87. The molecule has 9 nitrogen and oxygen atoms in total. The van der Waals surface area contributed by atoms with Crippen molar-refractivity contribution >= 4 is 23.1 Å². The summed E-state index contributed by atoms with van der Waals surface area (Å²) in [5.74, 6) is 6.37. The normalized spacial score (nSPS) is 15.5. The number of rotatable bonds is 5. The highest BCUT2D eigenvalue weighted by Crippen LogP contribution is 2.30. The van der Waals surface area contributed by atoms with Crippen molar-refractivity contribution in [2.75, 3.05) is 26.7 Å². The predicted molar refractivity (Wildman–Crippen MR) is 148 cm³/mol. The van der Waals surface area contributed by atoms with Gasteiger partial charge in [0.25, 0.3) is 0 Å². The lowest BCUT2D eigenvalue weighted by Crippen LogP contribution is -2.44.